The van der Waals surface area contributed by atoms with Gasteiger partial charge >= 0.3 is 0 Å². The molecule has 1 aromatic heterocycles. The van der Waals surface area contributed by atoms with Gasteiger partial charge in [0.2, 0.25) is 0 Å². The number of aryl methyl sites for hydroxylation is 2. The van der Waals surface area contributed by atoms with E-state index in [0.29, 0.717) is 0 Å². The Balaban J connectivity index is 2.29. The minimum atomic E-state index is 0.223. The summed E-state index contributed by atoms with van der Waals surface area (Å²) in [5, 5.41) is 3.50. The van der Waals surface area contributed by atoms with Crippen LogP contribution >= 0.6 is 0 Å². The van der Waals surface area contributed by atoms with Crippen molar-refractivity contribution in [2.24, 2.45) is 0 Å². The first kappa shape index (κ1) is 13.2. The van der Waals surface area contributed by atoms with Gasteiger partial charge in [-0.15, -0.1) is 0 Å². The summed E-state index contributed by atoms with van der Waals surface area (Å²) in [6.45, 7) is 10.9. The van der Waals surface area contributed by atoms with Crippen LogP contribution in [-0.4, -0.2) is 21.6 Å². The Morgan fingerprint density at radius 3 is 2.75 bits per heavy atom. The van der Waals surface area contributed by atoms with E-state index in [4.69, 9.17) is 0 Å². The molecule has 0 aliphatic heterocycles. The SMILES string of the molecule is CCCc1nccn1CCCNC(C)(C)C. The van der Waals surface area contributed by atoms with Crippen molar-refractivity contribution < 1.29 is 0 Å². The molecule has 0 aromatic carbocycles. The number of nitrogens with zero attached hydrogens (tertiary/aromatic N) is 2. The molecule has 0 aliphatic rings. The minimum absolute atomic E-state index is 0.223. The van der Waals surface area contributed by atoms with Crippen LogP contribution in [-0.2, 0) is 13.0 Å². The lowest BCUT2D eigenvalue weighted by molar-refractivity contribution is 0.412. The van der Waals surface area contributed by atoms with E-state index in [1.54, 1.807) is 0 Å². The van der Waals surface area contributed by atoms with Crippen molar-refractivity contribution in [2.75, 3.05) is 6.54 Å². The van der Waals surface area contributed by atoms with Gasteiger partial charge in [-0.05, 0) is 40.2 Å². The third-order valence-electron chi connectivity index (χ3n) is 2.51. The van der Waals surface area contributed by atoms with E-state index < -0.39 is 0 Å². The first-order valence-corrected chi connectivity index (χ1v) is 6.28. The van der Waals surface area contributed by atoms with E-state index in [2.05, 4.69) is 48.8 Å². The zero-order chi connectivity index (χ0) is 12.0. The summed E-state index contributed by atoms with van der Waals surface area (Å²) in [6.07, 6.45) is 7.39. The molecule has 1 aromatic rings. The van der Waals surface area contributed by atoms with Crippen molar-refractivity contribution in [1.29, 1.82) is 0 Å². The molecule has 0 spiro atoms. The highest BCUT2D eigenvalue weighted by molar-refractivity contribution is 4.92. The van der Waals surface area contributed by atoms with Gasteiger partial charge in [0.1, 0.15) is 5.82 Å². The van der Waals surface area contributed by atoms with Crippen LogP contribution in [0.25, 0.3) is 0 Å². The van der Waals surface area contributed by atoms with Gasteiger partial charge in [0, 0.05) is 30.9 Å². The first-order chi connectivity index (χ1) is 7.53. The number of hydrogen-bond donors (Lipinski definition) is 1. The molecule has 3 heteroatoms. The van der Waals surface area contributed by atoms with Crippen molar-refractivity contribution in [3.05, 3.63) is 18.2 Å². The molecule has 0 aliphatic carbocycles. The zero-order valence-electron chi connectivity index (χ0n) is 11.1. The summed E-state index contributed by atoms with van der Waals surface area (Å²) >= 11 is 0. The normalized spacial score (nSPS) is 12.0. The fourth-order valence-electron chi connectivity index (χ4n) is 1.71. The summed E-state index contributed by atoms with van der Waals surface area (Å²) in [6, 6.07) is 0. The fraction of sp³-hybridized carbons (Fsp3) is 0.769. The predicted molar refractivity (Wildman–Crippen MR) is 68.6 cm³/mol. The maximum atomic E-state index is 4.38. The summed E-state index contributed by atoms with van der Waals surface area (Å²) in [5.41, 5.74) is 0.223. The number of aromatic nitrogens is 2. The average molecular weight is 223 g/mol. The molecular weight excluding hydrogens is 198 g/mol. The van der Waals surface area contributed by atoms with Crippen LogP contribution in [0.4, 0.5) is 0 Å². The smallest absolute Gasteiger partial charge is 0.108 e. The molecule has 0 fully saturated rings. The number of hydrogen-bond acceptors (Lipinski definition) is 2. The summed E-state index contributed by atoms with van der Waals surface area (Å²) in [5.74, 6) is 1.22. The van der Waals surface area contributed by atoms with Crippen molar-refractivity contribution in [3.8, 4) is 0 Å². The minimum Gasteiger partial charge on any atom is -0.335 e. The van der Waals surface area contributed by atoms with Gasteiger partial charge in [-0.3, -0.25) is 0 Å². The first-order valence-electron chi connectivity index (χ1n) is 6.28. The summed E-state index contributed by atoms with van der Waals surface area (Å²) in [7, 11) is 0. The average Bonchev–Trinajstić information content (AvgIpc) is 2.60. The number of rotatable bonds is 6. The summed E-state index contributed by atoms with van der Waals surface area (Å²) < 4.78 is 2.27. The van der Waals surface area contributed by atoms with Gasteiger partial charge in [0.15, 0.2) is 0 Å². The van der Waals surface area contributed by atoms with Crippen LogP contribution in [0.3, 0.4) is 0 Å². The lowest BCUT2D eigenvalue weighted by Gasteiger charge is -2.20. The van der Waals surface area contributed by atoms with Crippen molar-refractivity contribution in [1.82, 2.24) is 14.9 Å². The molecule has 1 N–H and O–H groups in total. The lowest BCUT2D eigenvalue weighted by atomic mass is 10.1. The third kappa shape index (κ3) is 4.79. The van der Waals surface area contributed by atoms with Gasteiger partial charge < -0.3 is 9.88 Å². The molecule has 0 saturated heterocycles. The largest absolute Gasteiger partial charge is 0.335 e. The molecule has 0 unspecified atom stereocenters. The quantitative estimate of drug-likeness (QED) is 0.751. The second-order valence-electron chi connectivity index (χ2n) is 5.32. The van der Waals surface area contributed by atoms with Crippen LogP contribution in [0.5, 0.6) is 0 Å². The van der Waals surface area contributed by atoms with E-state index in [1.807, 2.05) is 6.20 Å². The highest BCUT2D eigenvalue weighted by Crippen LogP contribution is 2.03. The zero-order valence-corrected chi connectivity index (χ0v) is 11.1. The Morgan fingerprint density at radius 1 is 1.38 bits per heavy atom. The standard InChI is InChI=1S/C13H25N3/c1-5-7-12-14-9-11-16(12)10-6-8-15-13(2,3)4/h9,11,15H,5-8,10H2,1-4H3. The molecule has 3 nitrogen and oxygen atoms in total. The van der Waals surface area contributed by atoms with Crippen LogP contribution in [0.1, 0.15) is 46.4 Å². The van der Waals surface area contributed by atoms with Crippen molar-refractivity contribution in [2.45, 2.75) is 59.0 Å². The Labute approximate surface area is 99.3 Å². The Kier molecular flexibility index (Phi) is 5.00. The lowest BCUT2D eigenvalue weighted by Crippen LogP contribution is -2.36. The highest BCUT2D eigenvalue weighted by atomic mass is 15.1. The second-order valence-corrected chi connectivity index (χ2v) is 5.32. The van der Waals surface area contributed by atoms with Gasteiger partial charge in [0.25, 0.3) is 0 Å². The Bertz CT molecular complexity index is 296. The Morgan fingerprint density at radius 2 is 2.12 bits per heavy atom. The second kappa shape index (κ2) is 6.04. The van der Waals surface area contributed by atoms with Gasteiger partial charge in [-0.1, -0.05) is 6.92 Å². The van der Waals surface area contributed by atoms with E-state index in [9.17, 15) is 0 Å². The molecule has 0 amide bonds. The fourth-order valence-corrected chi connectivity index (χ4v) is 1.71. The summed E-state index contributed by atoms with van der Waals surface area (Å²) in [4.78, 5) is 4.38. The Hall–Kier alpha value is -0.830. The van der Waals surface area contributed by atoms with Crippen molar-refractivity contribution in [3.63, 3.8) is 0 Å². The van der Waals surface area contributed by atoms with Gasteiger partial charge in [-0.25, -0.2) is 4.98 Å². The maximum Gasteiger partial charge on any atom is 0.108 e. The predicted octanol–water partition coefficient (Wildman–Crippen LogP) is 2.61. The van der Waals surface area contributed by atoms with Crippen molar-refractivity contribution >= 4 is 0 Å². The number of imidazole rings is 1. The van der Waals surface area contributed by atoms with Gasteiger partial charge in [0.05, 0.1) is 0 Å². The van der Waals surface area contributed by atoms with E-state index >= 15 is 0 Å². The topological polar surface area (TPSA) is 29.9 Å². The molecule has 92 valence electrons. The molecular formula is C13H25N3. The molecule has 0 saturated carbocycles. The van der Waals surface area contributed by atoms with E-state index in [0.717, 1.165) is 32.4 Å². The molecule has 16 heavy (non-hydrogen) atoms. The highest BCUT2D eigenvalue weighted by Gasteiger charge is 2.07. The maximum absolute atomic E-state index is 4.38. The third-order valence-corrected chi connectivity index (χ3v) is 2.51. The molecule has 0 atom stereocenters. The molecule has 1 heterocycles. The van der Waals surface area contributed by atoms with Crippen LogP contribution < -0.4 is 5.32 Å². The van der Waals surface area contributed by atoms with Gasteiger partial charge in [-0.2, -0.15) is 0 Å². The van der Waals surface area contributed by atoms with Crippen LogP contribution in [0.2, 0.25) is 0 Å². The monoisotopic (exact) mass is 223 g/mol. The molecule has 1 rings (SSSR count). The number of nitrogens with one attached hydrogen (secondary N) is 1. The van der Waals surface area contributed by atoms with Crippen LogP contribution in [0, 0.1) is 0 Å². The molecule has 0 radical (unpaired) electrons. The van der Waals surface area contributed by atoms with E-state index in [1.165, 1.54) is 5.82 Å². The van der Waals surface area contributed by atoms with E-state index in [-0.39, 0.29) is 5.54 Å². The molecule has 0 bridgehead atoms. The van der Waals surface area contributed by atoms with Crippen LogP contribution in [0.15, 0.2) is 12.4 Å².